The zero-order chi connectivity index (χ0) is 46.8. The van der Waals surface area contributed by atoms with Crippen LogP contribution in [0.1, 0.15) is 20.3 Å². The molecule has 0 aliphatic rings. The number of hydrogen-bond acceptors (Lipinski definition) is 4. The Bertz CT molecular complexity index is 3860. The van der Waals surface area contributed by atoms with Crippen LogP contribution in [0, 0.1) is 0 Å². The van der Waals surface area contributed by atoms with Gasteiger partial charge in [-0.1, -0.05) is 233 Å². The van der Waals surface area contributed by atoms with Crippen LogP contribution in [0.15, 0.2) is 236 Å². The molecule has 5 nitrogen and oxygen atoms in total. The van der Waals surface area contributed by atoms with E-state index >= 15 is 0 Å². The maximum Gasteiger partial charge on any atom is 0.238 e. The summed E-state index contributed by atoms with van der Waals surface area (Å²) in [5.74, 6) is 1.70. The fourth-order valence-electron chi connectivity index (χ4n) is 9.71. The summed E-state index contributed by atoms with van der Waals surface area (Å²) in [5.41, 5.74) is 12.1. The highest BCUT2D eigenvalue weighted by molar-refractivity contribution is 6.33. The second-order valence-corrected chi connectivity index (χ2v) is 17.0. The number of rotatable bonds is 6. The molecule has 0 saturated heterocycles. The zero-order valence-electron chi connectivity index (χ0n) is 38.6. The van der Waals surface area contributed by atoms with E-state index in [4.69, 9.17) is 19.4 Å². The topological polar surface area (TPSA) is 56.7 Å². The fraction of sp³-hybridized carbons (Fsp3) is 0.0469. The molecule has 0 unspecified atom stereocenters. The molecule has 330 valence electrons. The molecule has 0 fully saturated rings. The number of benzene rings is 10. The monoisotopic (exact) mass is 888 g/mol. The first-order valence-corrected chi connectivity index (χ1v) is 23.5. The molecular formula is C64H48N4O. The maximum absolute atomic E-state index is 6.73. The normalized spacial score (nSPS) is 11.2. The molecule has 0 atom stereocenters. The van der Waals surface area contributed by atoms with Crippen molar-refractivity contribution in [1.29, 1.82) is 0 Å². The van der Waals surface area contributed by atoms with Gasteiger partial charge in [0.2, 0.25) is 5.95 Å². The summed E-state index contributed by atoms with van der Waals surface area (Å²) < 4.78 is 9.03. The van der Waals surface area contributed by atoms with Crippen molar-refractivity contribution in [3.63, 3.8) is 0 Å². The van der Waals surface area contributed by atoms with Crippen molar-refractivity contribution in [3.8, 4) is 62.1 Å². The van der Waals surface area contributed by atoms with Crippen LogP contribution in [0.5, 0.6) is 0 Å². The minimum atomic E-state index is 0.531. The zero-order valence-corrected chi connectivity index (χ0v) is 38.6. The average molecular weight is 889 g/mol. The third-order valence-electron chi connectivity index (χ3n) is 12.7. The van der Waals surface area contributed by atoms with Crippen molar-refractivity contribution in [1.82, 2.24) is 19.5 Å². The highest BCUT2D eigenvalue weighted by Gasteiger charge is 2.25. The average Bonchev–Trinajstić information content (AvgIpc) is 3.99. The smallest absolute Gasteiger partial charge is 0.238 e. The Balaban J connectivity index is 0.00000100. The Morgan fingerprint density at radius 1 is 0.362 bits per heavy atom. The Hall–Kier alpha value is -8.93. The predicted octanol–water partition coefficient (Wildman–Crippen LogP) is 17.7. The van der Waals surface area contributed by atoms with Crippen LogP contribution in [-0.2, 0) is 0 Å². The Labute approximate surface area is 401 Å². The third-order valence-corrected chi connectivity index (χ3v) is 12.7. The molecule has 0 N–H and O–H groups in total. The molecule has 3 heterocycles. The van der Waals surface area contributed by atoms with Gasteiger partial charge in [0, 0.05) is 49.2 Å². The summed E-state index contributed by atoms with van der Waals surface area (Å²) in [6.45, 7) is 10.2. The van der Waals surface area contributed by atoms with Crippen molar-refractivity contribution >= 4 is 65.3 Å². The van der Waals surface area contributed by atoms with Gasteiger partial charge >= 0.3 is 0 Å². The van der Waals surface area contributed by atoms with Crippen LogP contribution >= 0.6 is 0 Å². The van der Waals surface area contributed by atoms with Gasteiger partial charge in [-0.15, -0.1) is 13.2 Å². The quantitative estimate of drug-likeness (QED) is 0.123. The van der Waals surface area contributed by atoms with E-state index in [0.717, 1.165) is 99.0 Å². The molecule has 5 heteroatoms. The van der Waals surface area contributed by atoms with Gasteiger partial charge in [-0.25, -0.2) is 4.98 Å². The molecule has 0 radical (unpaired) electrons. The Kier molecular flexibility index (Phi) is 11.4. The minimum absolute atomic E-state index is 0.531. The molecule has 3 aromatic heterocycles. The minimum Gasteiger partial charge on any atom is -0.455 e. The molecule has 10 aromatic carbocycles. The van der Waals surface area contributed by atoms with Crippen LogP contribution < -0.4 is 0 Å². The largest absolute Gasteiger partial charge is 0.455 e. The molecular weight excluding hydrogens is 841 g/mol. The molecule has 69 heavy (non-hydrogen) atoms. The first kappa shape index (κ1) is 42.7. The molecule has 0 aliphatic heterocycles. The van der Waals surface area contributed by atoms with Gasteiger partial charge in [0.15, 0.2) is 11.6 Å². The lowest BCUT2D eigenvalue weighted by atomic mass is 9.95. The summed E-state index contributed by atoms with van der Waals surface area (Å²) in [6.07, 6.45) is 1.25. The molecule has 0 aliphatic carbocycles. The summed E-state index contributed by atoms with van der Waals surface area (Å²) in [6, 6.07) is 76.7. The summed E-state index contributed by atoms with van der Waals surface area (Å²) >= 11 is 0. The molecule has 0 bridgehead atoms. The fourth-order valence-corrected chi connectivity index (χ4v) is 9.71. The van der Waals surface area contributed by atoms with Crippen molar-refractivity contribution in [3.05, 3.63) is 232 Å². The number of fused-ring (bicyclic) bond motifs is 11. The second kappa shape index (κ2) is 18.4. The van der Waals surface area contributed by atoms with Gasteiger partial charge in [-0.3, -0.25) is 4.57 Å². The third kappa shape index (κ3) is 7.51. The van der Waals surface area contributed by atoms with Crippen molar-refractivity contribution < 1.29 is 4.42 Å². The van der Waals surface area contributed by atoms with Crippen LogP contribution in [0.3, 0.4) is 0 Å². The van der Waals surface area contributed by atoms with Gasteiger partial charge in [0.05, 0.1) is 11.0 Å². The van der Waals surface area contributed by atoms with E-state index in [0.29, 0.717) is 17.6 Å². The number of aromatic nitrogens is 4. The number of furan rings is 1. The predicted molar refractivity (Wildman–Crippen MR) is 291 cm³/mol. The van der Waals surface area contributed by atoms with Gasteiger partial charge in [-0.2, -0.15) is 9.97 Å². The number of hydrogen-bond donors (Lipinski definition) is 0. The van der Waals surface area contributed by atoms with Crippen LogP contribution in [0.4, 0.5) is 0 Å². The van der Waals surface area contributed by atoms with E-state index < -0.39 is 0 Å². The lowest BCUT2D eigenvalue weighted by Gasteiger charge is -2.14. The molecule has 13 rings (SSSR count). The Morgan fingerprint density at radius 2 is 0.783 bits per heavy atom. The van der Waals surface area contributed by atoms with E-state index in [9.17, 15) is 0 Å². The maximum atomic E-state index is 6.73. The first-order valence-electron chi connectivity index (χ1n) is 23.5. The van der Waals surface area contributed by atoms with E-state index in [2.05, 4.69) is 226 Å². The molecule has 13 aromatic rings. The van der Waals surface area contributed by atoms with Crippen LogP contribution in [0.2, 0.25) is 0 Å². The summed E-state index contributed by atoms with van der Waals surface area (Å²) in [7, 11) is 0. The Morgan fingerprint density at radius 3 is 1.36 bits per heavy atom. The number of para-hydroxylation sites is 3. The second-order valence-electron chi connectivity index (χ2n) is 17.0. The van der Waals surface area contributed by atoms with Crippen molar-refractivity contribution in [2.45, 2.75) is 20.3 Å². The van der Waals surface area contributed by atoms with Gasteiger partial charge in [-0.05, 0) is 44.5 Å². The highest BCUT2D eigenvalue weighted by atomic mass is 16.3. The molecule has 0 spiro atoms. The standard InChI is InChI=1S/C59H36N4O.C3H8.C2H4/c1-3-15-37(16-4-1)39-29-33-41(34-30-39)57-60-58(42-35-31-40(32-36-42)38-17-5-2-6-18-38)62-59(61-57)63-54-48(50-26-14-25-49-45-21-11-12-28-52(45)64-56(49)50)24-13-27-51(54)53-46-22-9-7-19-43(46)44-20-8-10-23-47(44)55(53)63;1-3-2;1-2/h1-36H;3H2,1-2H3;1-2H2. The summed E-state index contributed by atoms with van der Waals surface area (Å²) in [5, 5.41) is 9.06. The van der Waals surface area contributed by atoms with Gasteiger partial charge in [0.25, 0.3) is 0 Å². The van der Waals surface area contributed by atoms with E-state index in [-0.39, 0.29) is 0 Å². The van der Waals surface area contributed by atoms with Gasteiger partial charge < -0.3 is 4.42 Å². The highest BCUT2D eigenvalue weighted by Crippen LogP contribution is 2.46. The summed E-state index contributed by atoms with van der Waals surface area (Å²) in [4.78, 5) is 16.2. The lowest BCUT2D eigenvalue weighted by Crippen LogP contribution is -2.07. The van der Waals surface area contributed by atoms with Gasteiger partial charge in [0.1, 0.15) is 11.2 Å². The molecule has 0 amide bonds. The first-order chi connectivity index (χ1) is 34.2. The van der Waals surface area contributed by atoms with E-state index in [1.165, 1.54) is 17.2 Å². The van der Waals surface area contributed by atoms with E-state index in [1.807, 2.05) is 24.3 Å². The van der Waals surface area contributed by atoms with Crippen molar-refractivity contribution in [2.24, 2.45) is 0 Å². The van der Waals surface area contributed by atoms with Crippen molar-refractivity contribution in [2.75, 3.05) is 0 Å². The lowest BCUT2D eigenvalue weighted by molar-refractivity contribution is 0.670. The molecule has 0 saturated carbocycles. The number of nitrogens with zero attached hydrogens (tertiary/aromatic N) is 4. The SMILES string of the molecule is C=C.CCC.c1ccc(-c2ccc(-c3nc(-c4ccc(-c5ccccc5)cc4)nc(-n4c5c(-c6cccc7c6oc6ccccc67)cccc5c5c6ccccc6c6ccccc6c54)n3)cc2)cc1. The van der Waals surface area contributed by atoms with E-state index in [1.54, 1.807) is 0 Å². The van der Waals surface area contributed by atoms with Crippen LogP contribution in [0.25, 0.3) is 127 Å². The van der Waals surface area contributed by atoms with Crippen LogP contribution in [-0.4, -0.2) is 19.5 Å².